The van der Waals surface area contributed by atoms with Crippen LogP contribution in [0.2, 0.25) is 10.0 Å². The number of nitrogens with zero attached hydrogens (tertiary/aromatic N) is 1. The molecule has 132 valence electrons. The average Bonchev–Trinajstić information content (AvgIpc) is 2.62. The Morgan fingerprint density at radius 3 is 2.60 bits per heavy atom. The second-order valence-corrected chi connectivity index (χ2v) is 5.53. The molecule has 0 unspecified atom stereocenters. The zero-order valence-corrected chi connectivity index (χ0v) is 15.1. The van der Waals surface area contributed by atoms with E-state index in [1.54, 1.807) is 50.6 Å². The Labute approximate surface area is 155 Å². The van der Waals surface area contributed by atoms with Crippen molar-refractivity contribution in [3.8, 4) is 17.2 Å². The highest BCUT2D eigenvalue weighted by Crippen LogP contribution is 2.31. The number of amides is 1. The van der Waals surface area contributed by atoms with E-state index < -0.39 is 5.91 Å². The number of hydrogen-bond donors (Lipinski definition) is 1. The van der Waals surface area contributed by atoms with E-state index in [-0.39, 0.29) is 11.6 Å². The predicted octanol–water partition coefficient (Wildman–Crippen LogP) is 3.54. The lowest BCUT2D eigenvalue weighted by molar-refractivity contribution is -0.123. The summed E-state index contributed by atoms with van der Waals surface area (Å²) in [6.45, 7) is -0.247. The normalized spacial score (nSPS) is 10.6. The van der Waals surface area contributed by atoms with Crippen LogP contribution >= 0.6 is 23.2 Å². The Hall–Kier alpha value is -2.44. The van der Waals surface area contributed by atoms with E-state index in [2.05, 4.69) is 10.5 Å². The first-order valence-corrected chi connectivity index (χ1v) is 7.91. The minimum atomic E-state index is -0.437. The van der Waals surface area contributed by atoms with Gasteiger partial charge in [0.05, 0.1) is 25.5 Å². The molecule has 2 aromatic rings. The fourth-order valence-corrected chi connectivity index (χ4v) is 2.23. The van der Waals surface area contributed by atoms with Gasteiger partial charge < -0.3 is 14.2 Å². The van der Waals surface area contributed by atoms with Crippen molar-refractivity contribution in [3.05, 3.63) is 52.0 Å². The van der Waals surface area contributed by atoms with E-state index in [9.17, 15) is 4.79 Å². The van der Waals surface area contributed by atoms with Crippen molar-refractivity contribution in [3.63, 3.8) is 0 Å². The molecular formula is C17H16Cl2N2O4. The standard InChI is InChI=1S/C17H16Cl2N2O4/c1-23-13-7-6-11(8-15(13)24-2)9-20-21-16(22)10-25-14-5-3-4-12(18)17(14)19/h3-9H,10H2,1-2H3,(H,21,22). The molecule has 0 saturated carbocycles. The number of nitrogens with one attached hydrogen (secondary N) is 1. The van der Waals surface area contributed by atoms with Gasteiger partial charge in [0.25, 0.3) is 5.91 Å². The predicted molar refractivity (Wildman–Crippen MR) is 97.2 cm³/mol. The van der Waals surface area contributed by atoms with Gasteiger partial charge in [-0.25, -0.2) is 5.43 Å². The first-order valence-electron chi connectivity index (χ1n) is 7.16. The van der Waals surface area contributed by atoms with E-state index in [0.717, 1.165) is 5.56 Å². The minimum absolute atomic E-state index is 0.247. The maximum atomic E-state index is 11.8. The van der Waals surface area contributed by atoms with Crippen LogP contribution in [0.4, 0.5) is 0 Å². The number of hydrogen-bond acceptors (Lipinski definition) is 5. The number of carbonyl (C=O) groups is 1. The monoisotopic (exact) mass is 382 g/mol. The summed E-state index contributed by atoms with van der Waals surface area (Å²) in [5, 5.41) is 4.47. The van der Waals surface area contributed by atoms with E-state index >= 15 is 0 Å². The molecule has 0 bridgehead atoms. The quantitative estimate of drug-likeness (QED) is 0.587. The molecule has 1 amide bonds. The zero-order valence-electron chi connectivity index (χ0n) is 13.6. The molecule has 0 aliphatic carbocycles. The van der Waals surface area contributed by atoms with Gasteiger partial charge in [-0.15, -0.1) is 0 Å². The summed E-state index contributed by atoms with van der Waals surface area (Å²) in [6, 6.07) is 10.2. The first kappa shape index (κ1) is 18.9. The second kappa shape index (κ2) is 9.15. The SMILES string of the molecule is COc1ccc(C=NNC(=O)COc2cccc(Cl)c2Cl)cc1OC. The van der Waals surface area contributed by atoms with Gasteiger partial charge in [-0.1, -0.05) is 29.3 Å². The van der Waals surface area contributed by atoms with Crippen molar-refractivity contribution in [2.45, 2.75) is 0 Å². The van der Waals surface area contributed by atoms with Crippen LogP contribution in [0.3, 0.4) is 0 Å². The first-order chi connectivity index (χ1) is 12.0. The van der Waals surface area contributed by atoms with Crippen LogP contribution in [-0.4, -0.2) is 32.9 Å². The molecular weight excluding hydrogens is 367 g/mol. The van der Waals surface area contributed by atoms with E-state index in [1.807, 2.05) is 0 Å². The molecule has 6 nitrogen and oxygen atoms in total. The van der Waals surface area contributed by atoms with Crippen LogP contribution in [0.1, 0.15) is 5.56 Å². The summed E-state index contributed by atoms with van der Waals surface area (Å²) in [5.41, 5.74) is 3.09. The fourth-order valence-electron chi connectivity index (χ4n) is 1.88. The molecule has 0 aliphatic rings. The number of hydrazone groups is 1. The lowest BCUT2D eigenvalue weighted by atomic mass is 10.2. The summed E-state index contributed by atoms with van der Waals surface area (Å²) >= 11 is 11.8. The topological polar surface area (TPSA) is 69.2 Å². The minimum Gasteiger partial charge on any atom is -0.493 e. The van der Waals surface area contributed by atoms with Gasteiger partial charge in [-0.05, 0) is 35.9 Å². The number of benzene rings is 2. The smallest absolute Gasteiger partial charge is 0.277 e. The molecule has 0 spiro atoms. The third-order valence-corrected chi connectivity index (χ3v) is 3.89. The molecule has 25 heavy (non-hydrogen) atoms. The molecule has 0 aliphatic heterocycles. The molecule has 0 saturated heterocycles. The lowest BCUT2D eigenvalue weighted by Gasteiger charge is -2.08. The molecule has 0 atom stereocenters. The maximum absolute atomic E-state index is 11.8. The number of carbonyl (C=O) groups excluding carboxylic acids is 1. The van der Waals surface area contributed by atoms with Crippen molar-refractivity contribution in [2.75, 3.05) is 20.8 Å². The van der Waals surface area contributed by atoms with Gasteiger partial charge in [0.2, 0.25) is 0 Å². The highest BCUT2D eigenvalue weighted by atomic mass is 35.5. The highest BCUT2D eigenvalue weighted by molar-refractivity contribution is 6.42. The Kier molecular flexibility index (Phi) is 6.91. The van der Waals surface area contributed by atoms with E-state index in [1.165, 1.54) is 6.21 Å². The Balaban J connectivity index is 1.89. The molecule has 0 aromatic heterocycles. The average molecular weight is 383 g/mol. The third kappa shape index (κ3) is 5.27. The Bertz CT molecular complexity index is 781. The largest absolute Gasteiger partial charge is 0.493 e. The van der Waals surface area contributed by atoms with Gasteiger partial charge in [-0.2, -0.15) is 5.10 Å². The van der Waals surface area contributed by atoms with Crippen LogP contribution in [0, 0.1) is 0 Å². The van der Waals surface area contributed by atoms with Crippen LogP contribution in [0.25, 0.3) is 0 Å². The van der Waals surface area contributed by atoms with E-state index in [4.69, 9.17) is 37.4 Å². The van der Waals surface area contributed by atoms with Crippen LogP contribution in [0.5, 0.6) is 17.2 Å². The van der Waals surface area contributed by atoms with E-state index in [0.29, 0.717) is 22.3 Å². The molecule has 1 N–H and O–H groups in total. The van der Waals surface area contributed by atoms with Crippen LogP contribution in [0.15, 0.2) is 41.5 Å². The fraction of sp³-hybridized carbons (Fsp3) is 0.176. The summed E-state index contributed by atoms with van der Waals surface area (Å²) in [4.78, 5) is 11.8. The summed E-state index contributed by atoms with van der Waals surface area (Å²) < 4.78 is 15.7. The number of ether oxygens (including phenoxy) is 3. The second-order valence-electron chi connectivity index (χ2n) is 4.75. The van der Waals surface area contributed by atoms with Gasteiger partial charge in [0, 0.05) is 0 Å². The van der Waals surface area contributed by atoms with Crippen LogP contribution in [-0.2, 0) is 4.79 Å². The molecule has 2 rings (SSSR count). The Morgan fingerprint density at radius 2 is 1.88 bits per heavy atom. The number of methoxy groups -OCH3 is 2. The van der Waals surface area contributed by atoms with Crippen molar-refractivity contribution in [2.24, 2.45) is 5.10 Å². The van der Waals surface area contributed by atoms with Crippen molar-refractivity contribution < 1.29 is 19.0 Å². The third-order valence-electron chi connectivity index (χ3n) is 3.09. The maximum Gasteiger partial charge on any atom is 0.277 e. The summed E-state index contributed by atoms with van der Waals surface area (Å²) in [5.74, 6) is 1.06. The van der Waals surface area contributed by atoms with Crippen molar-refractivity contribution in [1.29, 1.82) is 0 Å². The van der Waals surface area contributed by atoms with Crippen molar-refractivity contribution in [1.82, 2.24) is 5.43 Å². The highest BCUT2D eigenvalue weighted by Gasteiger charge is 2.08. The molecule has 2 aromatic carbocycles. The van der Waals surface area contributed by atoms with Crippen LogP contribution < -0.4 is 19.6 Å². The Morgan fingerprint density at radius 1 is 1.12 bits per heavy atom. The molecule has 0 radical (unpaired) electrons. The number of halogens is 2. The zero-order chi connectivity index (χ0) is 18.2. The summed E-state index contributed by atoms with van der Waals surface area (Å²) in [7, 11) is 3.09. The lowest BCUT2D eigenvalue weighted by Crippen LogP contribution is -2.24. The number of rotatable bonds is 7. The van der Waals surface area contributed by atoms with Crippen molar-refractivity contribution >= 4 is 35.3 Å². The van der Waals surface area contributed by atoms with Gasteiger partial charge in [-0.3, -0.25) is 4.79 Å². The molecule has 0 fully saturated rings. The van der Waals surface area contributed by atoms with Gasteiger partial charge in [0.15, 0.2) is 18.1 Å². The van der Waals surface area contributed by atoms with Gasteiger partial charge >= 0.3 is 0 Å². The van der Waals surface area contributed by atoms with Gasteiger partial charge in [0.1, 0.15) is 10.8 Å². The summed E-state index contributed by atoms with van der Waals surface area (Å²) in [6.07, 6.45) is 1.48. The molecule has 8 heteroatoms. The molecule has 0 heterocycles.